The van der Waals surface area contributed by atoms with E-state index in [-0.39, 0.29) is 0 Å². The van der Waals surface area contributed by atoms with E-state index in [1.165, 1.54) is 385 Å². The fourth-order valence-electron chi connectivity index (χ4n) is 17.3. The SMILES string of the molecule is CCCCCCCCCCCCCCOc1cc(OC(=O)c2ccc(N=Cc3ccc(C=Nc4ccc(OC(=O)c5cc(OCCCCCCCCCCCCCC)c(OCCCCCCCCCCCCCC)c(OCCCCCCCCCCCCCC)c5)cc4)cc3)cc2)cc(OCCCCCCCCCCCCCC)c1OCCCCCCCCCCCCCC. The summed E-state index contributed by atoms with van der Waals surface area (Å²) in [5.41, 5.74) is 4.02. The van der Waals surface area contributed by atoms with Gasteiger partial charge in [-0.25, -0.2) is 9.59 Å². The highest BCUT2D eigenvalue weighted by Crippen LogP contribution is 2.44. The lowest BCUT2D eigenvalue weighted by atomic mass is 10.1. The van der Waals surface area contributed by atoms with Crippen molar-refractivity contribution in [3.63, 3.8) is 0 Å². The standard InChI is InChI=1S/C118H192N2O10/c1-7-13-19-25-31-37-43-49-55-61-67-73-91-123-111-97-106(98-112(124-92-74-68-62-56-50-44-38-32-26-20-14-8-2)115(111)127-95-77-71-65-59-53-47-41-35-29-23-17-11-5)118(122)129-109-89-87-108(88-90-109)120-102-104-81-79-103(80-82-104)101-119-107-85-83-105(84-86-107)117(121)130-110-99-113(125-93-75-69-63-57-51-45-39-33-27-21-15-9-3)116(128-96-78-72-66-60-54-48-42-36-30-24-18-12-6)114(100-110)126-94-76-70-64-58-52-46-40-34-28-22-16-10-4/h79-90,97-102H,7-78,91-96H2,1-6H3. The van der Waals surface area contributed by atoms with Gasteiger partial charge in [0, 0.05) is 24.6 Å². The van der Waals surface area contributed by atoms with Gasteiger partial charge in [0.15, 0.2) is 23.0 Å². The molecular weight excluding hydrogens is 1610 g/mol. The van der Waals surface area contributed by atoms with Gasteiger partial charge in [-0.15, -0.1) is 0 Å². The lowest BCUT2D eigenvalue weighted by Crippen LogP contribution is -2.12. The molecule has 5 rings (SSSR count). The van der Waals surface area contributed by atoms with Crippen molar-refractivity contribution in [2.75, 3.05) is 39.6 Å². The molecule has 0 unspecified atom stereocenters. The molecule has 0 aliphatic heterocycles. The summed E-state index contributed by atoms with van der Waals surface area (Å²) in [7, 11) is 0. The number of rotatable bonds is 92. The van der Waals surface area contributed by atoms with E-state index in [9.17, 15) is 9.59 Å². The molecule has 5 aromatic rings. The van der Waals surface area contributed by atoms with Crippen molar-refractivity contribution in [1.82, 2.24) is 0 Å². The molecule has 0 heterocycles. The van der Waals surface area contributed by atoms with Crippen molar-refractivity contribution in [1.29, 1.82) is 0 Å². The van der Waals surface area contributed by atoms with Gasteiger partial charge in [-0.05, 0) is 110 Å². The van der Waals surface area contributed by atoms with Crippen LogP contribution < -0.4 is 37.9 Å². The van der Waals surface area contributed by atoms with Gasteiger partial charge >= 0.3 is 11.9 Å². The maximum Gasteiger partial charge on any atom is 0.343 e. The van der Waals surface area contributed by atoms with Crippen LogP contribution in [0.15, 0.2) is 107 Å². The Bertz CT molecular complexity index is 3390. The summed E-state index contributed by atoms with van der Waals surface area (Å²) in [4.78, 5) is 38.1. The minimum absolute atomic E-state index is 0.362. The van der Waals surface area contributed by atoms with Gasteiger partial charge in [0.05, 0.1) is 62.1 Å². The van der Waals surface area contributed by atoms with E-state index in [0.29, 0.717) is 102 Å². The van der Waals surface area contributed by atoms with Crippen LogP contribution in [0, 0.1) is 0 Å². The van der Waals surface area contributed by atoms with Crippen LogP contribution in [0.2, 0.25) is 0 Å². The molecule has 12 heteroatoms. The molecule has 0 amide bonds. The summed E-state index contributed by atoms with van der Waals surface area (Å²) in [5.74, 6) is 3.23. The zero-order chi connectivity index (χ0) is 92.2. The molecule has 0 aromatic heterocycles. The van der Waals surface area contributed by atoms with Crippen molar-refractivity contribution in [3.8, 4) is 46.0 Å². The molecule has 0 bridgehead atoms. The molecule has 12 nitrogen and oxygen atoms in total. The summed E-state index contributed by atoms with van der Waals surface area (Å²) in [6, 6.07) is 29.8. The van der Waals surface area contributed by atoms with Gasteiger partial charge < -0.3 is 37.9 Å². The van der Waals surface area contributed by atoms with Crippen LogP contribution in [-0.2, 0) is 0 Å². The van der Waals surface area contributed by atoms with Crippen LogP contribution in [-0.4, -0.2) is 64.0 Å². The Labute approximate surface area is 797 Å². The first-order valence-electron chi connectivity index (χ1n) is 55.2. The van der Waals surface area contributed by atoms with E-state index in [0.717, 1.165) is 93.9 Å². The highest BCUT2D eigenvalue weighted by atomic mass is 16.6. The number of ether oxygens (including phenoxy) is 8. The van der Waals surface area contributed by atoms with Crippen LogP contribution in [0.3, 0.4) is 0 Å². The third kappa shape index (κ3) is 59.7. The van der Waals surface area contributed by atoms with E-state index in [1.807, 2.05) is 73.1 Å². The summed E-state index contributed by atoms with van der Waals surface area (Å²) in [6.07, 6.45) is 95.2. The number of unbranched alkanes of at least 4 members (excludes halogenated alkanes) is 66. The van der Waals surface area contributed by atoms with Crippen molar-refractivity contribution in [2.45, 2.75) is 504 Å². The maximum absolute atomic E-state index is 14.3. The molecule has 734 valence electrons. The highest BCUT2D eigenvalue weighted by molar-refractivity contribution is 5.93. The van der Waals surface area contributed by atoms with Crippen LogP contribution in [0.4, 0.5) is 11.4 Å². The molecule has 0 atom stereocenters. The Hall–Kier alpha value is -6.82. The fraction of sp³-hybridized carbons (Fsp3) is 0.712. The van der Waals surface area contributed by atoms with E-state index < -0.39 is 11.9 Å². The minimum atomic E-state index is -0.489. The summed E-state index contributed by atoms with van der Waals surface area (Å²) < 4.78 is 52.4. The summed E-state index contributed by atoms with van der Waals surface area (Å²) in [5, 5.41) is 0. The second-order valence-electron chi connectivity index (χ2n) is 38.0. The molecule has 0 spiro atoms. The largest absolute Gasteiger partial charge is 0.490 e. The normalized spacial score (nSPS) is 11.6. The third-order valence-corrected chi connectivity index (χ3v) is 25.8. The fourth-order valence-corrected chi connectivity index (χ4v) is 17.3. The van der Waals surface area contributed by atoms with Gasteiger partial charge in [0.2, 0.25) is 11.5 Å². The number of hydrogen-bond acceptors (Lipinski definition) is 12. The van der Waals surface area contributed by atoms with Crippen LogP contribution in [0.1, 0.15) is 536 Å². The quantitative estimate of drug-likeness (QED) is 0.0160. The zero-order valence-electron chi connectivity index (χ0n) is 84.5. The van der Waals surface area contributed by atoms with Crippen LogP contribution in [0.5, 0.6) is 46.0 Å². The minimum Gasteiger partial charge on any atom is -0.490 e. The highest BCUT2D eigenvalue weighted by Gasteiger charge is 2.23. The second kappa shape index (κ2) is 82.8. The van der Waals surface area contributed by atoms with Crippen LogP contribution in [0.25, 0.3) is 0 Å². The van der Waals surface area contributed by atoms with E-state index >= 15 is 0 Å². The smallest absolute Gasteiger partial charge is 0.343 e. The molecule has 0 saturated heterocycles. The number of hydrogen-bond donors (Lipinski definition) is 0. The molecule has 0 saturated carbocycles. The Morgan fingerprint density at radius 3 is 0.638 bits per heavy atom. The van der Waals surface area contributed by atoms with Crippen LogP contribution >= 0.6 is 0 Å². The van der Waals surface area contributed by atoms with Gasteiger partial charge in [0.1, 0.15) is 11.5 Å². The maximum atomic E-state index is 14.3. The van der Waals surface area contributed by atoms with Crippen molar-refractivity contribution >= 4 is 35.7 Å². The first kappa shape index (κ1) is 114. The van der Waals surface area contributed by atoms with Gasteiger partial charge in [-0.2, -0.15) is 0 Å². The van der Waals surface area contributed by atoms with E-state index in [2.05, 4.69) is 41.5 Å². The molecule has 0 fully saturated rings. The van der Waals surface area contributed by atoms with E-state index in [4.69, 9.17) is 47.9 Å². The predicted octanol–water partition coefficient (Wildman–Crippen LogP) is 38.1. The molecule has 5 aromatic carbocycles. The van der Waals surface area contributed by atoms with Gasteiger partial charge in [-0.1, -0.05) is 490 Å². The topological polar surface area (TPSA) is 133 Å². The second-order valence-corrected chi connectivity index (χ2v) is 38.0. The number of nitrogens with zero attached hydrogens (tertiary/aromatic N) is 2. The molecular formula is C118H192N2O10. The number of benzene rings is 5. The Kier molecular flexibility index (Phi) is 72.4. The van der Waals surface area contributed by atoms with E-state index in [1.54, 1.807) is 36.4 Å². The average molecular weight is 1800 g/mol. The molecule has 0 N–H and O–H groups in total. The molecule has 0 radical (unpaired) electrons. The lowest BCUT2D eigenvalue weighted by molar-refractivity contribution is 0.0724. The Morgan fingerprint density at radius 1 is 0.208 bits per heavy atom. The molecule has 130 heavy (non-hydrogen) atoms. The number of carbonyl (C=O) groups excluding carboxylic acids is 2. The van der Waals surface area contributed by atoms with Gasteiger partial charge in [0.25, 0.3) is 0 Å². The number of carbonyl (C=O) groups is 2. The summed E-state index contributed by atoms with van der Waals surface area (Å²) >= 11 is 0. The molecule has 0 aliphatic carbocycles. The van der Waals surface area contributed by atoms with Crippen molar-refractivity contribution < 1.29 is 47.5 Å². The average Bonchev–Trinajstić information content (AvgIpc) is 0.814. The lowest BCUT2D eigenvalue weighted by Gasteiger charge is -2.19. The third-order valence-electron chi connectivity index (χ3n) is 25.8. The first-order chi connectivity index (χ1) is 64.3. The first-order valence-corrected chi connectivity index (χ1v) is 55.2. The number of esters is 2. The Morgan fingerprint density at radius 2 is 0.400 bits per heavy atom. The summed E-state index contributed by atoms with van der Waals surface area (Å²) in [6.45, 7) is 17.0. The van der Waals surface area contributed by atoms with Gasteiger partial charge in [-0.3, -0.25) is 9.98 Å². The number of aliphatic imine (C=N–C) groups is 2. The monoisotopic (exact) mass is 1800 g/mol. The molecule has 0 aliphatic rings. The zero-order valence-corrected chi connectivity index (χ0v) is 84.5. The Balaban J connectivity index is 1.23. The van der Waals surface area contributed by atoms with Crippen molar-refractivity contribution in [2.24, 2.45) is 9.98 Å². The van der Waals surface area contributed by atoms with Crippen molar-refractivity contribution in [3.05, 3.63) is 119 Å². The predicted molar refractivity (Wildman–Crippen MR) is 556 cm³/mol.